The fraction of sp³-hybridized carbons (Fsp3) is 0.222. The lowest BCUT2D eigenvalue weighted by molar-refractivity contribution is -0.274. The Morgan fingerprint density at radius 3 is 2.23 bits per heavy atom. The van der Waals surface area contributed by atoms with Gasteiger partial charge in [0.05, 0.1) is 15.6 Å². The van der Waals surface area contributed by atoms with Crippen molar-refractivity contribution in [2.24, 2.45) is 0 Å². The molecule has 0 radical (unpaired) electrons. The molecule has 0 aliphatic heterocycles. The number of amides is 1. The molecule has 160 valence electrons. The number of nitrogens with one attached hydrogen (secondary N) is 1. The minimum atomic E-state index is -4.94. The molecule has 0 aromatic heterocycles. The van der Waals surface area contributed by atoms with Crippen molar-refractivity contribution in [3.63, 3.8) is 0 Å². The van der Waals surface area contributed by atoms with Crippen LogP contribution < -0.4 is 14.8 Å². The largest absolute Gasteiger partial charge is 0.573 e. The molecule has 1 aliphatic rings. The summed E-state index contributed by atoms with van der Waals surface area (Å²) in [5.74, 6) is -4.21. The van der Waals surface area contributed by atoms with E-state index in [2.05, 4.69) is 10.1 Å². The van der Waals surface area contributed by atoms with Crippen LogP contribution >= 0.6 is 23.2 Å². The second kappa shape index (κ2) is 7.84. The van der Waals surface area contributed by atoms with Crippen molar-refractivity contribution in [3.05, 3.63) is 51.8 Å². The molecule has 0 unspecified atom stereocenters. The van der Waals surface area contributed by atoms with Gasteiger partial charge < -0.3 is 19.9 Å². The number of alkyl halides is 3. The molecule has 12 heteroatoms. The zero-order valence-corrected chi connectivity index (χ0v) is 16.2. The minimum absolute atomic E-state index is 0.0733. The Hall–Kier alpha value is -2.72. The average molecular weight is 468 g/mol. The van der Waals surface area contributed by atoms with E-state index in [0.29, 0.717) is 0 Å². The number of rotatable bonds is 6. The van der Waals surface area contributed by atoms with Crippen molar-refractivity contribution in [2.75, 3.05) is 0 Å². The van der Waals surface area contributed by atoms with Crippen molar-refractivity contribution in [3.8, 4) is 17.2 Å². The van der Waals surface area contributed by atoms with Gasteiger partial charge in [0, 0.05) is 12.1 Å². The smallest absolute Gasteiger partial charge is 0.480 e. The molecule has 1 amide bonds. The highest BCUT2D eigenvalue weighted by atomic mass is 35.5. The summed E-state index contributed by atoms with van der Waals surface area (Å²) in [6.45, 7) is 0. The van der Waals surface area contributed by atoms with Crippen LogP contribution in [0.2, 0.25) is 10.0 Å². The normalized spacial score (nSPS) is 14.7. The Morgan fingerprint density at radius 1 is 1.07 bits per heavy atom. The van der Waals surface area contributed by atoms with E-state index in [1.54, 1.807) is 0 Å². The monoisotopic (exact) mass is 467 g/mol. The second-order valence-corrected chi connectivity index (χ2v) is 7.16. The van der Waals surface area contributed by atoms with E-state index in [1.807, 2.05) is 0 Å². The molecular weight excluding hydrogens is 457 g/mol. The molecular formula is C18H11Cl2F4NO5. The van der Waals surface area contributed by atoms with Crippen LogP contribution in [0.5, 0.6) is 17.2 Å². The molecule has 2 N–H and O–H groups in total. The number of carboxylic acids is 1. The quantitative estimate of drug-likeness (QED) is 0.572. The Bertz CT molecular complexity index is 1020. The first-order valence-electron chi connectivity index (χ1n) is 8.18. The number of ether oxygens (including phenoxy) is 2. The molecule has 2 aromatic rings. The van der Waals surface area contributed by atoms with Crippen LogP contribution in [0.15, 0.2) is 30.3 Å². The molecule has 0 bridgehead atoms. The maximum Gasteiger partial charge on any atom is 0.573 e. The SMILES string of the molecule is O=C(NC1(C(=O)O)CC1)c1cc(Cl)c(Oc2ccc(OC(F)(F)F)c(Cl)c2)cc1F. The Morgan fingerprint density at radius 2 is 1.70 bits per heavy atom. The molecule has 2 aromatic carbocycles. The van der Waals surface area contributed by atoms with E-state index >= 15 is 0 Å². The topological polar surface area (TPSA) is 84.9 Å². The lowest BCUT2D eigenvalue weighted by atomic mass is 10.1. The fourth-order valence-electron chi connectivity index (χ4n) is 2.46. The summed E-state index contributed by atoms with van der Waals surface area (Å²) in [5.41, 5.74) is -1.91. The minimum Gasteiger partial charge on any atom is -0.480 e. The number of benzene rings is 2. The van der Waals surface area contributed by atoms with Crippen LogP contribution in [0.3, 0.4) is 0 Å². The van der Waals surface area contributed by atoms with Crippen LogP contribution in [0.25, 0.3) is 0 Å². The zero-order valence-electron chi connectivity index (χ0n) is 14.6. The number of carbonyl (C=O) groups excluding carboxylic acids is 1. The summed E-state index contributed by atoms with van der Waals surface area (Å²) in [5, 5.41) is 10.7. The third kappa shape index (κ3) is 4.88. The van der Waals surface area contributed by atoms with E-state index < -0.39 is 45.9 Å². The van der Waals surface area contributed by atoms with Gasteiger partial charge >= 0.3 is 12.3 Å². The third-order valence-corrected chi connectivity index (χ3v) is 4.73. The predicted molar refractivity (Wildman–Crippen MR) is 96.7 cm³/mol. The van der Waals surface area contributed by atoms with Gasteiger partial charge in [0.1, 0.15) is 28.6 Å². The van der Waals surface area contributed by atoms with Gasteiger partial charge in [-0.2, -0.15) is 0 Å². The van der Waals surface area contributed by atoms with E-state index in [0.717, 1.165) is 30.3 Å². The van der Waals surface area contributed by atoms with Gasteiger partial charge in [-0.3, -0.25) is 4.79 Å². The van der Waals surface area contributed by atoms with E-state index in [9.17, 15) is 27.2 Å². The van der Waals surface area contributed by atoms with Crippen molar-refractivity contribution in [1.29, 1.82) is 0 Å². The summed E-state index contributed by atoms with van der Waals surface area (Å²) in [6.07, 6.45) is -4.49. The average Bonchev–Trinajstić information content (AvgIpc) is 3.40. The van der Waals surface area contributed by atoms with Crippen molar-refractivity contribution < 1.29 is 41.7 Å². The fourth-order valence-corrected chi connectivity index (χ4v) is 2.87. The maximum absolute atomic E-state index is 14.4. The zero-order chi connectivity index (χ0) is 22.3. The Kier molecular flexibility index (Phi) is 5.74. The van der Waals surface area contributed by atoms with Gasteiger partial charge in [0.2, 0.25) is 0 Å². The molecule has 1 saturated carbocycles. The van der Waals surface area contributed by atoms with Gasteiger partial charge in [-0.25, -0.2) is 9.18 Å². The Labute approximate surface area is 176 Å². The molecule has 3 rings (SSSR count). The first-order valence-corrected chi connectivity index (χ1v) is 8.94. The first kappa shape index (κ1) is 22.0. The first-order chi connectivity index (χ1) is 13.9. The molecule has 1 aliphatic carbocycles. The second-order valence-electron chi connectivity index (χ2n) is 6.35. The highest BCUT2D eigenvalue weighted by Gasteiger charge is 2.51. The van der Waals surface area contributed by atoms with Crippen LogP contribution in [-0.4, -0.2) is 28.9 Å². The van der Waals surface area contributed by atoms with Crippen molar-refractivity contribution in [1.82, 2.24) is 5.32 Å². The predicted octanol–water partition coefficient (Wildman–Crippen LogP) is 5.17. The molecule has 0 saturated heterocycles. The molecule has 0 spiro atoms. The maximum atomic E-state index is 14.4. The molecule has 0 heterocycles. The summed E-state index contributed by atoms with van der Waals surface area (Å²) in [4.78, 5) is 23.4. The van der Waals surface area contributed by atoms with E-state index in [4.69, 9.17) is 33.0 Å². The van der Waals surface area contributed by atoms with Crippen LogP contribution in [0.4, 0.5) is 17.6 Å². The van der Waals surface area contributed by atoms with Gasteiger partial charge in [-0.05, 0) is 31.0 Å². The summed E-state index contributed by atoms with van der Waals surface area (Å²) in [6, 6.07) is 4.72. The van der Waals surface area contributed by atoms with E-state index in [-0.39, 0.29) is 29.4 Å². The van der Waals surface area contributed by atoms with Gasteiger partial charge in [-0.15, -0.1) is 13.2 Å². The number of carboxylic acid groups (broad SMARTS) is 1. The van der Waals surface area contributed by atoms with Gasteiger partial charge in [0.15, 0.2) is 0 Å². The Balaban J connectivity index is 1.78. The molecule has 0 atom stereocenters. The van der Waals surface area contributed by atoms with Crippen LogP contribution in [-0.2, 0) is 4.79 Å². The summed E-state index contributed by atoms with van der Waals surface area (Å²) in [7, 11) is 0. The highest BCUT2D eigenvalue weighted by Crippen LogP contribution is 2.38. The van der Waals surface area contributed by atoms with Crippen molar-refractivity contribution >= 4 is 35.1 Å². The van der Waals surface area contributed by atoms with Gasteiger partial charge in [0.25, 0.3) is 5.91 Å². The van der Waals surface area contributed by atoms with Gasteiger partial charge in [-0.1, -0.05) is 23.2 Å². The standard InChI is InChI=1S/C18H11Cl2F4NO5/c19-10-5-8(1-2-13(10)30-18(22,23)24)29-14-7-12(21)9(6-11(14)20)15(26)25-17(3-4-17)16(27)28/h1-2,5-7H,3-4H2,(H,25,26)(H,27,28). The highest BCUT2D eigenvalue weighted by molar-refractivity contribution is 6.32. The number of carbonyl (C=O) groups is 2. The molecule has 30 heavy (non-hydrogen) atoms. The molecule has 6 nitrogen and oxygen atoms in total. The van der Waals surface area contributed by atoms with Crippen LogP contribution in [0.1, 0.15) is 23.2 Å². The van der Waals surface area contributed by atoms with E-state index in [1.165, 1.54) is 0 Å². The summed E-state index contributed by atoms with van der Waals surface area (Å²) >= 11 is 11.7. The number of halogens is 6. The summed E-state index contributed by atoms with van der Waals surface area (Å²) < 4.78 is 60.3. The number of hydrogen-bond acceptors (Lipinski definition) is 4. The number of aliphatic carboxylic acids is 1. The number of hydrogen-bond donors (Lipinski definition) is 2. The van der Waals surface area contributed by atoms with Crippen LogP contribution in [0, 0.1) is 5.82 Å². The van der Waals surface area contributed by atoms with Crippen molar-refractivity contribution in [2.45, 2.75) is 24.7 Å². The lowest BCUT2D eigenvalue weighted by Gasteiger charge is -2.15. The molecule has 1 fully saturated rings. The lowest BCUT2D eigenvalue weighted by Crippen LogP contribution is -2.43. The third-order valence-electron chi connectivity index (χ3n) is 4.14.